The first-order valence-electron chi connectivity index (χ1n) is 9.12. The van der Waals surface area contributed by atoms with E-state index in [9.17, 15) is 9.90 Å². The van der Waals surface area contributed by atoms with Crippen LogP contribution in [0.25, 0.3) is 0 Å². The van der Waals surface area contributed by atoms with Crippen LogP contribution >= 0.6 is 0 Å². The fourth-order valence-electron chi connectivity index (χ4n) is 4.06. The molecule has 24 heavy (non-hydrogen) atoms. The van der Waals surface area contributed by atoms with Crippen LogP contribution in [0.4, 0.5) is 0 Å². The Morgan fingerprint density at radius 2 is 1.96 bits per heavy atom. The van der Waals surface area contributed by atoms with Gasteiger partial charge in [0.15, 0.2) is 0 Å². The Bertz CT molecular complexity index is 555. The predicted molar refractivity (Wildman–Crippen MR) is 92.5 cm³/mol. The molecule has 2 saturated heterocycles. The Morgan fingerprint density at radius 3 is 2.50 bits per heavy atom. The van der Waals surface area contributed by atoms with Crippen molar-refractivity contribution in [3.63, 3.8) is 0 Å². The van der Waals surface area contributed by atoms with Crippen molar-refractivity contribution in [1.29, 1.82) is 0 Å². The number of aryl methyl sites for hydroxylation is 1. The number of aliphatic hydroxyl groups is 1. The molecular weight excluding hydrogens is 304 g/mol. The van der Waals surface area contributed by atoms with Gasteiger partial charge in [-0.2, -0.15) is 5.10 Å². The minimum Gasteiger partial charge on any atom is -0.388 e. The van der Waals surface area contributed by atoms with E-state index < -0.39 is 5.60 Å². The molecule has 0 aliphatic carbocycles. The van der Waals surface area contributed by atoms with Crippen LogP contribution in [0.15, 0.2) is 12.3 Å². The monoisotopic (exact) mass is 334 g/mol. The smallest absolute Gasteiger partial charge is 0.219 e. The van der Waals surface area contributed by atoms with Crippen molar-refractivity contribution < 1.29 is 9.90 Å². The highest BCUT2D eigenvalue weighted by Crippen LogP contribution is 2.27. The third-order valence-electron chi connectivity index (χ3n) is 5.78. The Morgan fingerprint density at radius 1 is 1.29 bits per heavy atom. The number of nitrogens with zero attached hydrogens (tertiary/aromatic N) is 4. The summed E-state index contributed by atoms with van der Waals surface area (Å²) in [5, 5.41) is 15.1. The highest BCUT2D eigenvalue weighted by molar-refractivity contribution is 5.73. The van der Waals surface area contributed by atoms with Gasteiger partial charge in [0.25, 0.3) is 0 Å². The van der Waals surface area contributed by atoms with Gasteiger partial charge in [0.2, 0.25) is 5.91 Å². The lowest BCUT2D eigenvalue weighted by Crippen LogP contribution is -2.53. The molecule has 3 heterocycles. The van der Waals surface area contributed by atoms with Crippen LogP contribution in [0.1, 0.15) is 38.3 Å². The van der Waals surface area contributed by atoms with E-state index >= 15 is 0 Å². The molecule has 0 radical (unpaired) electrons. The summed E-state index contributed by atoms with van der Waals surface area (Å²) in [7, 11) is 2.01. The zero-order valence-electron chi connectivity index (χ0n) is 14.9. The number of piperidine rings is 2. The highest BCUT2D eigenvalue weighted by Gasteiger charge is 2.35. The van der Waals surface area contributed by atoms with Crippen molar-refractivity contribution in [3.05, 3.63) is 18.0 Å². The van der Waals surface area contributed by atoms with Gasteiger partial charge in [0.1, 0.15) is 0 Å². The van der Waals surface area contributed by atoms with Gasteiger partial charge >= 0.3 is 0 Å². The van der Waals surface area contributed by atoms with E-state index in [1.54, 1.807) is 6.92 Å². The number of carbonyl (C=O) groups excluding carboxylic acids is 1. The minimum absolute atomic E-state index is 0.119. The second-order valence-corrected chi connectivity index (χ2v) is 7.60. The zero-order chi connectivity index (χ0) is 17.2. The molecule has 2 fully saturated rings. The van der Waals surface area contributed by atoms with Gasteiger partial charge < -0.3 is 14.9 Å². The van der Waals surface area contributed by atoms with Crippen LogP contribution in [-0.4, -0.2) is 68.9 Å². The van der Waals surface area contributed by atoms with E-state index in [1.165, 1.54) is 18.5 Å². The molecule has 6 nitrogen and oxygen atoms in total. The minimum atomic E-state index is -0.624. The molecule has 1 aromatic rings. The maximum Gasteiger partial charge on any atom is 0.219 e. The normalized spacial score (nSPS) is 22.7. The summed E-state index contributed by atoms with van der Waals surface area (Å²) in [5.41, 5.74) is 0.685. The molecule has 3 rings (SSSR count). The fraction of sp³-hybridized carbons (Fsp3) is 0.778. The van der Waals surface area contributed by atoms with E-state index in [1.807, 2.05) is 22.8 Å². The summed E-state index contributed by atoms with van der Waals surface area (Å²) < 4.78 is 1.97. The molecule has 0 atom stereocenters. The first-order chi connectivity index (χ1) is 11.5. The Hall–Kier alpha value is -1.40. The van der Waals surface area contributed by atoms with Gasteiger partial charge in [0, 0.05) is 45.5 Å². The fourth-order valence-corrected chi connectivity index (χ4v) is 4.06. The molecule has 0 unspecified atom stereocenters. The van der Waals surface area contributed by atoms with Gasteiger partial charge in [-0.3, -0.25) is 9.48 Å². The van der Waals surface area contributed by atoms with Crippen LogP contribution in [-0.2, 0) is 18.3 Å². The molecule has 2 aliphatic rings. The molecule has 0 spiro atoms. The van der Waals surface area contributed by atoms with Crippen LogP contribution in [0.5, 0.6) is 0 Å². The van der Waals surface area contributed by atoms with Crippen molar-refractivity contribution in [2.75, 3.05) is 32.7 Å². The Kier molecular flexibility index (Phi) is 5.25. The number of rotatable bonds is 4. The first kappa shape index (κ1) is 17.4. The number of likely N-dealkylation sites (tertiary alicyclic amines) is 2. The Labute approximate surface area is 144 Å². The number of hydrogen-bond acceptors (Lipinski definition) is 4. The SMILES string of the molecule is CC(=O)N1CCC(O)(CN2CCC(Cc3ccnn3C)CC2)CC1. The molecular formula is C18H30N4O2. The zero-order valence-corrected chi connectivity index (χ0v) is 14.9. The van der Waals surface area contributed by atoms with E-state index in [0.29, 0.717) is 31.8 Å². The van der Waals surface area contributed by atoms with E-state index in [0.717, 1.165) is 26.1 Å². The number of β-amino-alcohol motifs (C(OH)–C–C–N with tert-alkyl or cyclic N) is 1. The second kappa shape index (κ2) is 7.23. The highest BCUT2D eigenvalue weighted by atomic mass is 16.3. The summed E-state index contributed by atoms with van der Waals surface area (Å²) in [6.45, 7) is 5.84. The summed E-state index contributed by atoms with van der Waals surface area (Å²) in [6.07, 6.45) is 6.72. The Balaban J connectivity index is 1.44. The molecule has 0 bridgehead atoms. The van der Waals surface area contributed by atoms with E-state index in [4.69, 9.17) is 0 Å². The van der Waals surface area contributed by atoms with Gasteiger partial charge in [0.05, 0.1) is 5.60 Å². The van der Waals surface area contributed by atoms with Crippen molar-refractivity contribution >= 4 is 5.91 Å². The lowest BCUT2D eigenvalue weighted by atomic mass is 9.88. The first-order valence-corrected chi connectivity index (χ1v) is 9.12. The summed E-state index contributed by atoms with van der Waals surface area (Å²) >= 11 is 0. The standard InChI is InChI=1S/C18H30N4O2/c1-15(23)22-11-6-18(24,7-12-22)14-21-9-4-16(5-10-21)13-17-3-8-19-20(17)2/h3,8,16,24H,4-7,9-14H2,1-2H3. The maximum absolute atomic E-state index is 11.4. The topological polar surface area (TPSA) is 61.6 Å². The van der Waals surface area contributed by atoms with E-state index in [-0.39, 0.29) is 5.91 Å². The van der Waals surface area contributed by atoms with Crippen LogP contribution in [0.2, 0.25) is 0 Å². The third kappa shape index (κ3) is 4.16. The number of carbonyl (C=O) groups is 1. The molecule has 134 valence electrons. The molecule has 1 N–H and O–H groups in total. The lowest BCUT2D eigenvalue weighted by Gasteiger charge is -2.42. The lowest BCUT2D eigenvalue weighted by molar-refractivity contribution is -0.133. The van der Waals surface area contributed by atoms with Gasteiger partial charge in [-0.25, -0.2) is 0 Å². The number of amides is 1. The molecule has 0 saturated carbocycles. The van der Waals surface area contributed by atoms with Crippen LogP contribution in [0, 0.1) is 5.92 Å². The van der Waals surface area contributed by atoms with Crippen LogP contribution in [0.3, 0.4) is 0 Å². The van der Waals surface area contributed by atoms with Gasteiger partial charge in [-0.15, -0.1) is 0 Å². The molecule has 2 aliphatic heterocycles. The predicted octanol–water partition coefficient (Wildman–Crippen LogP) is 1.05. The van der Waals surface area contributed by atoms with Crippen molar-refractivity contribution in [2.24, 2.45) is 13.0 Å². The second-order valence-electron chi connectivity index (χ2n) is 7.60. The average Bonchev–Trinajstić information content (AvgIpc) is 2.94. The van der Waals surface area contributed by atoms with Crippen LogP contribution < -0.4 is 0 Å². The molecule has 6 heteroatoms. The van der Waals surface area contributed by atoms with Gasteiger partial charge in [-0.1, -0.05) is 0 Å². The largest absolute Gasteiger partial charge is 0.388 e. The molecule has 1 aromatic heterocycles. The van der Waals surface area contributed by atoms with E-state index in [2.05, 4.69) is 16.1 Å². The third-order valence-corrected chi connectivity index (χ3v) is 5.78. The van der Waals surface area contributed by atoms with Crippen molar-refractivity contribution in [1.82, 2.24) is 19.6 Å². The molecule has 1 amide bonds. The maximum atomic E-state index is 11.4. The van der Waals surface area contributed by atoms with Gasteiger partial charge in [-0.05, 0) is 57.2 Å². The molecule has 0 aromatic carbocycles. The van der Waals surface area contributed by atoms with Crippen molar-refractivity contribution in [2.45, 2.75) is 44.6 Å². The number of aromatic nitrogens is 2. The quantitative estimate of drug-likeness (QED) is 0.894. The number of hydrogen-bond donors (Lipinski definition) is 1. The summed E-state index contributed by atoms with van der Waals surface area (Å²) in [4.78, 5) is 15.7. The van der Waals surface area contributed by atoms with Crippen molar-refractivity contribution in [3.8, 4) is 0 Å². The summed E-state index contributed by atoms with van der Waals surface area (Å²) in [6, 6.07) is 2.11. The average molecular weight is 334 g/mol. The summed E-state index contributed by atoms with van der Waals surface area (Å²) in [5.74, 6) is 0.832.